The SMILES string of the molecule is CCOC(=O)c1cn(-c2ccc(/C=C/c3ccncc3)cc2)nc1N(C(=O)C1CCC(C)CC1)C(C)C. The Hall–Kier alpha value is -3.74. The summed E-state index contributed by atoms with van der Waals surface area (Å²) in [7, 11) is 0. The molecule has 0 bridgehead atoms. The van der Waals surface area contributed by atoms with E-state index in [0.29, 0.717) is 17.3 Å². The number of carbonyl (C=O) groups is 2. The number of aromatic nitrogens is 3. The van der Waals surface area contributed by atoms with Crippen LogP contribution < -0.4 is 4.90 Å². The molecule has 194 valence electrons. The van der Waals surface area contributed by atoms with E-state index < -0.39 is 5.97 Å². The molecule has 1 fully saturated rings. The van der Waals surface area contributed by atoms with E-state index in [1.54, 1.807) is 35.1 Å². The Morgan fingerprint density at radius 2 is 1.65 bits per heavy atom. The summed E-state index contributed by atoms with van der Waals surface area (Å²) in [5.41, 5.74) is 3.19. The van der Waals surface area contributed by atoms with Gasteiger partial charge in [-0.05, 0) is 87.8 Å². The Labute approximate surface area is 219 Å². The van der Waals surface area contributed by atoms with E-state index in [9.17, 15) is 9.59 Å². The second-order valence-electron chi connectivity index (χ2n) is 10.00. The average Bonchev–Trinajstić information content (AvgIpc) is 3.33. The molecule has 1 saturated carbocycles. The fourth-order valence-corrected chi connectivity index (χ4v) is 4.74. The third-order valence-corrected chi connectivity index (χ3v) is 6.87. The predicted molar refractivity (Wildman–Crippen MR) is 146 cm³/mol. The fourth-order valence-electron chi connectivity index (χ4n) is 4.74. The lowest BCUT2D eigenvalue weighted by Gasteiger charge is -2.32. The van der Waals surface area contributed by atoms with Crippen LogP contribution in [0.25, 0.3) is 17.8 Å². The minimum absolute atomic E-state index is 0.0364. The van der Waals surface area contributed by atoms with E-state index in [-0.39, 0.29) is 24.5 Å². The second kappa shape index (κ2) is 12.0. The average molecular weight is 501 g/mol. The molecule has 7 nitrogen and oxygen atoms in total. The molecular formula is C30H36N4O3. The molecule has 1 aromatic carbocycles. The van der Waals surface area contributed by atoms with Gasteiger partial charge in [0.1, 0.15) is 5.56 Å². The maximum Gasteiger partial charge on any atom is 0.343 e. The summed E-state index contributed by atoms with van der Waals surface area (Å²) >= 11 is 0. The lowest BCUT2D eigenvalue weighted by Crippen LogP contribution is -2.43. The van der Waals surface area contributed by atoms with Gasteiger partial charge in [-0.2, -0.15) is 0 Å². The summed E-state index contributed by atoms with van der Waals surface area (Å²) in [6.45, 7) is 8.18. The van der Waals surface area contributed by atoms with Crippen molar-refractivity contribution in [2.24, 2.45) is 11.8 Å². The van der Waals surface area contributed by atoms with Crippen LogP contribution in [0.15, 0.2) is 55.0 Å². The third-order valence-electron chi connectivity index (χ3n) is 6.87. The van der Waals surface area contributed by atoms with E-state index in [0.717, 1.165) is 42.5 Å². The number of rotatable bonds is 8. The Balaban J connectivity index is 1.64. The molecule has 37 heavy (non-hydrogen) atoms. The van der Waals surface area contributed by atoms with Crippen LogP contribution in [0.2, 0.25) is 0 Å². The van der Waals surface area contributed by atoms with Crippen LogP contribution in [0.4, 0.5) is 5.82 Å². The lowest BCUT2D eigenvalue weighted by molar-refractivity contribution is -0.124. The zero-order valence-corrected chi connectivity index (χ0v) is 22.1. The van der Waals surface area contributed by atoms with E-state index >= 15 is 0 Å². The van der Waals surface area contributed by atoms with Crippen LogP contribution in [-0.2, 0) is 9.53 Å². The highest BCUT2D eigenvalue weighted by Gasteiger charge is 2.34. The largest absolute Gasteiger partial charge is 0.462 e. The number of amides is 1. The Bertz CT molecular complexity index is 1220. The number of hydrogen-bond acceptors (Lipinski definition) is 5. The molecule has 1 aliphatic carbocycles. The molecule has 2 heterocycles. The zero-order valence-electron chi connectivity index (χ0n) is 22.1. The van der Waals surface area contributed by atoms with Gasteiger partial charge in [0.2, 0.25) is 5.91 Å². The molecule has 0 saturated heterocycles. The molecule has 0 N–H and O–H groups in total. The quantitative estimate of drug-likeness (QED) is 0.345. The van der Waals surface area contributed by atoms with E-state index in [2.05, 4.69) is 11.9 Å². The van der Waals surface area contributed by atoms with E-state index in [1.807, 2.05) is 62.4 Å². The number of hydrogen-bond donors (Lipinski definition) is 0. The van der Waals surface area contributed by atoms with Crippen LogP contribution >= 0.6 is 0 Å². The van der Waals surface area contributed by atoms with Crippen LogP contribution in [0.1, 0.15) is 74.9 Å². The van der Waals surface area contributed by atoms with Crippen molar-refractivity contribution in [3.63, 3.8) is 0 Å². The van der Waals surface area contributed by atoms with Crippen molar-refractivity contribution in [2.75, 3.05) is 11.5 Å². The van der Waals surface area contributed by atoms with Crippen molar-refractivity contribution in [1.82, 2.24) is 14.8 Å². The first kappa shape index (κ1) is 26.3. The fraction of sp³-hybridized carbons (Fsp3) is 0.400. The monoisotopic (exact) mass is 500 g/mol. The van der Waals surface area contributed by atoms with Gasteiger partial charge in [0.25, 0.3) is 0 Å². The number of anilines is 1. The molecular weight excluding hydrogens is 464 g/mol. The number of esters is 1. The first-order chi connectivity index (χ1) is 17.9. The number of nitrogens with zero attached hydrogens (tertiary/aromatic N) is 4. The Morgan fingerprint density at radius 1 is 1.03 bits per heavy atom. The second-order valence-corrected chi connectivity index (χ2v) is 10.00. The number of pyridine rings is 1. The minimum Gasteiger partial charge on any atom is -0.462 e. The molecule has 1 amide bonds. The van der Waals surface area contributed by atoms with Gasteiger partial charge in [0.05, 0.1) is 12.3 Å². The number of ether oxygens (including phenoxy) is 1. The van der Waals surface area contributed by atoms with Crippen LogP contribution in [0.5, 0.6) is 0 Å². The number of carbonyl (C=O) groups excluding carboxylic acids is 2. The predicted octanol–water partition coefficient (Wildman–Crippen LogP) is 6.18. The van der Waals surface area contributed by atoms with Gasteiger partial charge in [-0.1, -0.05) is 31.2 Å². The summed E-state index contributed by atoms with van der Waals surface area (Å²) < 4.78 is 6.99. The summed E-state index contributed by atoms with van der Waals surface area (Å²) in [4.78, 5) is 32.3. The molecule has 1 aliphatic rings. The first-order valence-electron chi connectivity index (χ1n) is 13.2. The topological polar surface area (TPSA) is 77.3 Å². The lowest BCUT2D eigenvalue weighted by atomic mass is 9.82. The summed E-state index contributed by atoms with van der Waals surface area (Å²) in [6, 6.07) is 11.6. The summed E-state index contributed by atoms with van der Waals surface area (Å²) in [5, 5.41) is 4.76. The van der Waals surface area contributed by atoms with Gasteiger partial charge in [0.15, 0.2) is 5.82 Å². The molecule has 4 rings (SSSR count). The van der Waals surface area contributed by atoms with Crippen LogP contribution in [0.3, 0.4) is 0 Å². The molecule has 0 aliphatic heterocycles. The highest BCUT2D eigenvalue weighted by atomic mass is 16.5. The first-order valence-corrected chi connectivity index (χ1v) is 13.2. The van der Waals surface area contributed by atoms with Gasteiger partial charge in [-0.15, -0.1) is 5.10 Å². The minimum atomic E-state index is -0.476. The molecule has 0 spiro atoms. The van der Waals surface area contributed by atoms with Crippen molar-refractivity contribution >= 4 is 29.8 Å². The standard InChI is InChI=1S/C30H36N4O3/c1-5-37-30(36)27-20-33(26-14-10-23(11-15-26)8-9-24-16-18-31-19-17-24)32-28(27)34(21(2)3)29(35)25-12-6-22(4)7-13-25/h8-11,14-22,25H,5-7,12-13H2,1-4H3/b9-8+. The van der Waals surface area contributed by atoms with Gasteiger partial charge in [0, 0.05) is 30.6 Å². The number of benzene rings is 1. The van der Waals surface area contributed by atoms with Crippen LogP contribution in [-0.4, -0.2) is 39.3 Å². The zero-order chi connectivity index (χ0) is 26.4. The molecule has 7 heteroatoms. The molecule has 3 aromatic rings. The van der Waals surface area contributed by atoms with E-state index in [1.165, 1.54) is 0 Å². The van der Waals surface area contributed by atoms with Crippen molar-refractivity contribution in [3.05, 3.63) is 71.7 Å². The van der Waals surface area contributed by atoms with E-state index in [4.69, 9.17) is 9.84 Å². The summed E-state index contributed by atoms with van der Waals surface area (Å²) in [5.74, 6) is 0.517. The summed E-state index contributed by atoms with van der Waals surface area (Å²) in [6.07, 6.45) is 13.1. The molecule has 0 unspecified atom stereocenters. The maximum absolute atomic E-state index is 13.7. The van der Waals surface area contributed by atoms with Gasteiger partial charge < -0.3 is 4.74 Å². The van der Waals surface area contributed by atoms with Crippen molar-refractivity contribution in [1.29, 1.82) is 0 Å². The third kappa shape index (κ3) is 6.34. The highest BCUT2D eigenvalue weighted by molar-refractivity contribution is 6.02. The van der Waals surface area contributed by atoms with Crippen molar-refractivity contribution < 1.29 is 14.3 Å². The van der Waals surface area contributed by atoms with Crippen molar-refractivity contribution in [2.45, 2.75) is 59.4 Å². The Kier molecular flexibility index (Phi) is 8.54. The molecule has 2 aromatic heterocycles. The Morgan fingerprint density at radius 3 is 2.24 bits per heavy atom. The van der Waals surface area contributed by atoms with Crippen LogP contribution in [0, 0.1) is 11.8 Å². The van der Waals surface area contributed by atoms with Gasteiger partial charge in [-0.25, -0.2) is 9.48 Å². The normalized spacial score (nSPS) is 17.8. The smallest absolute Gasteiger partial charge is 0.343 e. The maximum atomic E-state index is 13.7. The van der Waals surface area contributed by atoms with Crippen molar-refractivity contribution in [3.8, 4) is 5.69 Å². The molecule has 0 radical (unpaired) electrons. The van der Waals surface area contributed by atoms with Gasteiger partial charge in [-0.3, -0.25) is 14.7 Å². The highest BCUT2D eigenvalue weighted by Crippen LogP contribution is 2.33. The molecule has 0 atom stereocenters. The van der Waals surface area contributed by atoms with Gasteiger partial charge >= 0.3 is 5.97 Å².